The van der Waals surface area contributed by atoms with Gasteiger partial charge in [0.2, 0.25) is 11.8 Å². The summed E-state index contributed by atoms with van der Waals surface area (Å²) in [5.74, 6) is -0.389. The Morgan fingerprint density at radius 1 is 0.903 bits per heavy atom. The molecule has 3 amide bonds. The number of fused-ring (bicyclic) bond motifs is 2. The van der Waals surface area contributed by atoms with Gasteiger partial charge in [-0.25, -0.2) is 0 Å². The molecule has 2 aliphatic rings. The lowest BCUT2D eigenvalue weighted by Gasteiger charge is -2.45. The molecule has 2 fully saturated rings. The summed E-state index contributed by atoms with van der Waals surface area (Å²) in [5.41, 5.74) is 1.60. The second-order valence-electron chi connectivity index (χ2n) is 8.11. The third kappa shape index (κ3) is 3.65. The molecule has 0 unspecified atom stereocenters. The zero-order valence-corrected chi connectivity index (χ0v) is 17.0. The molecular formula is C25H23N3O3. The number of rotatable bonds is 3. The van der Waals surface area contributed by atoms with Gasteiger partial charge in [0, 0.05) is 25.1 Å². The van der Waals surface area contributed by atoms with E-state index in [1.807, 2.05) is 72.8 Å². The maximum atomic E-state index is 13.1. The summed E-state index contributed by atoms with van der Waals surface area (Å²) in [5, 5.41) is 4.94. The molecule has 31 heavy (non-hydrogen) atoms. The van der Waals surface area contributed by atoms with E-state index in [-0.39, 0.29) is 24.3 Å². The van der Waals surface area contributed by atoms with Crippen LogP contribution in [0.15, 0.2) is 72.8 Å². The van der Waals surface area contributed by atoms with Gasteiger partial charge in [-0.15, -0.1) is 0 Å². The van der Waals surface area contributed by atoms with E-state index in [0.717, 1.165) is 16.3 Å². The van der Waals surface area contributed by atoms with Crippen LogP contribution in [-0.2, 0) is 16.0 Å². The fraction of sp³-hybridized carbons (Fsp3) is 0.240. The van der Waals surface area contributed by atoms with Crippen molar-refractivity contribution in [2.75, 3.05) is 19.6 Å². The molecule has 3 aromatic rings. The number of nitrogens with zero attached hydrogens (tertiary/aromatic N) is 2. The molecule has 2 saturated heterocycles. The predicted molar refractivity (Wildman–Crippen MR) is 117 cm³/mol. The third-order valence-electron chi connectivity index (χ3n) is 6.15. The van der Waals surface area contributed by atoms with Crippen molar-refractivity contribution in [2.45, 2.75) is 18.5 Å². The van der Waals surface area contributed by atoms with Gasteiger partial charge in [-0.05, 0) is 28.5 Å². The highest BCUT2D eigenvalue weighted by atomic mass is 16.2. The first-order valence-corrected chi connectivity index (χ1v) is 10.5. The van der Waals surface area contributed by atoms with Gasteiger partial charge in [0.05, 0.1) is 6.54 Å². The normalized spacial score (nSPS) is 21.0. The number of carbonyl (C=O) groups excluding carboxylic acids is 3. The molecule has 0 saturated carbocycles. The second-order valence-corrected chi connectivity index (χ2v) is 8.11. The lowest BCUT2D eigenvalue weighted by molar-refractivity contribution is -0.152. The average Bonchev–Trinajstić information content (AvgIpc) is 2.82. The summed E-state index contributed by atoms with van der Waals surface area (Å²) in [7, 11) is 0. The topological polar surface area (TPSA) is 69.7 Å². The van der Waals surface area contributed by atoms with E-state index in [9.17, 15) is 14.4 Å². The van der Waals surface area contributed by atoms with E-state index in [4.69, 9.17) is 0 Å². The van der Waals surface area contributed by atoms with Crippen LogP contribution in [0.5, 0.6) is 0 Å². The van der Waals surface area contributed by atoms with E-state index in [1.54, 1.807) is 9.80 Å². The van der Waals surface area contributed by atoms with Gasteiger partial charge < -0.3 is 15.1 Å². The fourth-order valence-corrected chi connectivity index (χ4v) is 4.48. The SMILES string of the molecule is O=C1N[C@H](Cc2ccccc2)C(=O)N2CCN(C(=O)c3ccc4ccccc4c3)C[C@H]12. The molecule has 156 valence electrons. The van der Waals surface area contributed by atoms with Crippen LogP contribution in [0.1, 0.15) is 15.9 Å². The molecule has 3 aromatic carbocycles. The summed E-state index contributed by atoms with van der Waals surface area (Å²) in [6.07, 6.45) is 0.467. The quantitative estimate of drug-likeness (QED) is 0.716. The molecular weight excluding hydrogens is 390 g/mol. The molecule has 2 atom stereocenters. The lowest BCUT2D eigenvalue weighted by Crippen LogP contribution is -2.70. The van der Waals surface area contributed by atoms with E-state index in [1.165, 1.54) is 0 Å². The van der Waals surface area contributed by atoms with Crippen molar-refractivity contribution in [3.05, 3.63) is 83.9 Å². The van der Waals surface area contributed by atoms with Crippen LogP contribution in [0.25, 0.3) is 10.8 Å². The van der Waals surface area contributed by atoms with Gasteiger partial charge in [-0.2, -0.15) is 0 Å². The molecule has 6 heteroatoms. The van der Waals surface area contributed by atoms with Crippen LogP contribution in [0.3, 0.4) is 0 Å². The average molecular weight is 413 g/mol. The second kappa shape index (κ2) is 7.87. The first-order valence-electron chi connectivity index (χ1n) is 10.5. The van der Waals surface area contributed by atoms with Crippen molar-refractivity contribution < 1.29 is 14.4 Å². The number of piperazine rings is 2. The van der Waals surface area contributed by atoms with Gasteiger partial charge in [0.15, 0.2) is 0 Å². The highest BCUT2D eigenvalue weighted by Gasteiger charge is 2.44. The van der Waals surface area contributed by atoms with Crippen LogP contribution in [0.4, 0.5) is 0 Å². The van der Waals surface area contributed by atoms with E-state index in [0.29, 0.717) is 25.1 Å². The molecule has 2 heterocycles. The van der Waals surface area contributed by atoms with Gasteiger partial charge >= 0.3 is 0 Å². The molecule has 0 radical (unpaired) electrons. The summed E-state index contributed by atoms with van der Waals surface area (Å²) < 4.78 is 0. The van der Waals surface area contributed by atoms with E-state index < -0.39 is 12.1 Å². The number of hydrogen-bond donors (Lipinski definition) is 1. The molecule has 5 rings (SSSR count). The highest BCUT2D eigenvalue weighted by molar-refractivity contribution is 6.01. The van der Waals surface area contributed by atoms with Crippen LogP contribution < -0.4 is 5.32 Å². The lowest BCUT2D eigenvalue weighted by atomic mass is 9.98. The van der Waals surface area contributed by atoms with Crippen molar-refractivity contribution in [3.8, 4) is 0 Å². The standard InChI is InChI=1S/C25H23N3O3/c29-23-22-16-27(24(30)20-11-10-18-8-4-5-9-19(18)15-20)12-13-28(22)25(31)21(26-23)14-17-6-2-1-3-7-17/h1-11,15,21-22H,12-14,16H2,(H,26,29)/t21-,22-/m1/s1. The van der Waals surface area contributed by atoms with Gasteiger partial charge in [-0.3, -0.25) is 14.4 Å². The molecule has 0 spiro atoms. The molecule has 0 aliphatic carbocycles. The Balaban J connectivity index is 1.31. The Hall–Kier alpha value is -3.67. The Morgan fingerprint density at radius 3 is 2.45 bits per heavy atom. The Morgan fingerprint density at radius 2 is 1.65 bits per heavy atom. The molecule has 6 nitrogen and oxygen atoms in total. The molecule has 0 bridgehead atoms. The van der Waals surface area contributed by atoms with Crippen molar-refractivity contribution in [3.63, 3.8) is 0 Å². The maximum Gasteiger partial charge on any atom is 0.254 e. The van der Waals surface area contributed by atoms with Crippen LogP contribution >= 0.6 is 0 Å². The highest BCUT2D eigenvalue weighted by Crippen LogP contribution is 2.21. The van der Waals surface area contributed by atoms with E-state index in [2.05, 4.69) is 5.32 Å². The maximum absolute atomic E-state index is 13.1. The van der Waals surface area contributed by atoms with Crippen molar-refractivity contribution in [2.24, 2.45) is 0 Å². The first kappa shape index (κ1) is 19.3. The van der Waals surface area contributed by atoms with Crippen LogP contribution in [0.2, 0.25) is 0 Å². The van der Waals surface area contributed by atoms with Crippen LogP contribution in [-0.4, -0.2) is 59.2 Å². The summed E-state index contributed by atoms with van der Waals surface area (Å²) in [6, 6.07) is 22.0. The molecule has 1 N–H and O–H groups in total. The number of carbonyl (C=O) groups is 3. The number of hydrogen-bond acceptors (Lipinski definition) is 3. The summed E-state index contributed by atoms with van der Waals surface area (Å²) >= 11 is 0. The van der Waals surface area contributed by atoms with Crippen molar-refractivity contribution in [1.29, 1.82) is 0 Å². The summed E-state index contributed by atoms with van der Waals surface area (Å²) in [6.45, 7) is 0.988. The zero-order valence-electron chi connectivity index (χ0n) is 17.0. The smallest absolute Gasteiger partial charge is 0.254 e. The Kier molecular flexibility index (Phi) is 4.90. The Labute approximate surface area is 180 Å². The van der Waals surface area contributed by atoms with Crippen molar-refractivity contribution in [1.82, 2.24) is 15.1 Å². The molecule has 0 aromatic heterocycles. The largest absolute Gasteiger partial charge is 0.342 e. The van der Waals surface area contributed by atoms with Crippen LogP contribution in [0, 0.1) is 0 Å². The minimum absolute atomic E-state index is 0.0775. The first-order chi connectivity index (χ1) is 15.1. The number of nitrogens with one attached hydrogen (secondary N) is 1. The molecule has 2 aliphatic heterocycles. The van der Waals surface area contributed by atoms with E-state index >= 15 is 0 Å². The van der Waals surface area contributed by atoms with Gasteiger partial charge in [0.25, 0.3) is 5.91 Å². The minimum Gasteiger partial charge on any atom is -0.342 e. The summed E-state index contributed by atoms with van der Waals surface area (Å²) in [4.78, 5) is 42.2. The predicted octanol–water partition coefficient (Wildman–Crippen LogP) is 2.23. The monoisotopic (exact) mass is 413 g/mol. The Bertz CT molecular complexity index is 1160. The fourth-order valence-electron chi connectivity index (χ4n) is 4.48. The van der Waals surface area contributed by atoms with Crippen molar-refractivity contribution >= 4 is 28.5 Å². The zero-order chi connectivity index (χ0) is 21.4. The third-order valence-corrected chi connectivity index (χ3v) is 6.15. The minimum atomic E-state index is -0.641. The number of benzene rings is 3. The van der Waals surface area contributed by atoms with Gasteiger partial charge in [-0.1, -0.05) is 60.7 Å². The van der Waals surface area contributed by atoms with Gasteiger partial charge in [0.1, 0.15) is 12.1 Å². The number of amides is 3.